The topological polar surface area (TPSA) is 139 Å². The number of carbonyl (C=O) groups excluding carboxylic acids is 4. The molecule has 2 N–H and O–H groups in total. The van der Waals surface area contributed by atoms with E-state index in [1.165, 1.54) is 25.4 Å². The summed E-state index contributed by atoms with van der Waals surface area (Å²) in [7, 11) is 2.59. The van der Waals surface area contributed by atoms with E-state index < -0.39 is 30.0 Å². The van der Waals surface area contributed by atoms with Gasteiger partial charge < -0.3 is 34.6 Å². The third kappa shape index (κ3) is 8.45. The minimum absolute atomic E-state index is 0.0125. The van der Waals surface area contributed by atoms with Crippen LogP contribution in [0.25, 0.3) is 22.3 Å². The molecule has 1 aliphatic carbocycles. The molecule has 2 saturated heterocycles. The number of likely N-dealkylation sites (tertiary alicyclic amines) is 1. The molecule has 2 fully saturated rings. The number of allylic oxidation sites excluding steroid dienone is 4. The molecule has 1 unspecified atom stereocenters. The highest BCUT2D eigenvalue weighted by atomic mass is 16.5. The van der Waals surface area contributed by atoms with Gasteiger partial charge in [0.1, 0.15) is 17.8 Å². The summed E-state index contributed by atoms with van der Waals surface area (Å²) in [6, 6.07) is 15.3. The van der Waals surface area contributed by atoms with Crippen LogP contribution >= 0.6 is 0 Å². The first-order chi connectivity index (χ1) is 26.7. The average molecular weight is 766 g/mol. The zero-order valence-electron chi connectivity index (χ0n) is 33.8. The lowest BCUT2D eigenvalue weighted by atomic mass is 9.94. The fourth-order valence-corrected chi connectivity index (χ4v) is 8.16. The molecule has 0 aromatic heterocycles. The summed E-state index contributed by atoms with van der Waals surface area (Å²) in [4.78, 5) is 59.9. The number of amides is 4. The molecule has 0 radical (unpaired) electrons. The molecule has 6 rings (SSSR count). The largest absolute Gasteiger partial charge is 0.453 e. The Morgan fingerprint density at radius 3 is 1.84 bits per heavy atom. The highest BCUT2D eigenvalue weighted by molar-refractivity contribution is 6.04. The second kappa shape index (κ2) is 16.9. The maximum absolute atomic E-state index is 13.9. The zero-order chi connectivity index (χ0) is 40.3. The molecule has 0 bridgehead atoms. The van der Waals surface area contributed by atoms with Crippen molar-refractivity contribution in [1.29, 1.82) is 0 Å². The van der Waals surface area contributed by atoms with Gasteiger partial charge in [-0.15, -0.1) is 0 Å². The van der Waals surface area contributed by atoms with Gasteiger partial charge in [-0.1, -0.05) is 88.4 Å². The van der Waals surface area contributed by atoms with Crippen LogP contribution in [0.4, 0.5) is 9.59 Å². The Hall–Kier alpha value is -5.23. The van der Waals surface area contributed by atoms with Crippen LogP contribution in [0.15, 0.2) is 77.4 Å². The summed E-state index contributed by atoms with van der Waals surface area (Å²) < 4.78 is 15.7. The highest BCUT2D eigenvalue weighted by Gasteiger charge is 2.49. The molecular weight excluding hydrogens is 711 g/mol. The number of ether oxygens (including phenoxy) is 3. The fraction of sp³-hybridized carbons (Fsp3) is 0.477. The molecule has 56 heavy (non-hydrogen) atoms. The predicted molar refractivity (Wildman–Crippen MR) is 216 cm³/mol. The van der Waals surface area contributed by atoms with Crippen LogP contribution in [0.1, 0.15) is 78.4 Å². The van der Waals surface area contributed by atoms with Crippen LogP contribution in [0.5, 0.6) is 0 Å². The second-order valence-electron chi connectivity index (χ2n) is 16.1. The van der Waals surface area contributed by atoms with E-state index in [2.05, 4.69) is 71.3 Å². The van der Waals surface area contributed by atoms with Crippen LogP contribution in [-0.2, 0) is 23.8 Å². The number of benzene rings is 2. The molecule has 2 aromatic carbocycles. The Bertz CT molecular complexity index is 1940. The van der Waals surface area contributed by atoms with E-state index in [-0.39, 0.29) is 35.7 Å². The average Bonchev–Trinajstić information content (AvgIpc) is 4.01. The normalized spacial score (nSPS) is 21.3. The minimum Gasteiger partial charge on any atom is -0.453 e. The Kier molecular flexibility index (Phi) is 12.2. The molecule has 0 spiro atoms. The van der Waals surface area contributed by atoms with Gasteiger partial charge in [0, 0.05) is 24.9 Å². The summed E-state index contributed by atoms with van der Waals surface area (Å²) in [5, 5.41) is 5.43. The van der Waals surface area contributed by atoms with Crippen molar-refractivity contribution < 1.29 is 33.4 Å². The van der Waals surface area contributed by atoms with Crippen LogP contribution in [0, 0.1) is 11.8 Å². The summed E-state index contributed by atoms with van der Waals surface area (Å²) in [6.07, 6.45) is 8.13. The van der Waals surface area contributed by atoms with Gasteiger partial charge in [0.2, 0.25) is 11.8 Å². The Morgan fingerprint density at radius 2 is 1.29 bits per heavy atom. The highest BCUT2D eigenvalue weighted by Crippen LogP contribution is 2.38. The predicted octanol–water partition coefficient (Wildman–Crippen LogP) is 6.97. The number of nitrogens with one attached hydrogen (secondary N) is 2. The molecule has 3 heterocycles. The van der Waals surface area contributed by atoms with E-state index in [1.807, 2.05) is 52.6 Å². The summed E-state index contributed by atoms with van der Waals surface area (Å²) in [5.74, 6) is -0.522. The quantitative estimate of drug-likeness (QED) is 0.252. The van der Waals surface area contributed by atoms with Gasteiger partial charge in [0.15, 0.2) is 0 Å². The van der Waals surface area contributed by atoms with Crippen LogP contribution in [0.3, 0.4) is 0 Å². The molecule has 0 saturated carbocycles. The Balaban J connectivity index is 1.06. The van der Waals surface area contributed by atoms with Crippen molar-refractivity contribution in [3.8, 4) is 11.1 Å². The fourth-order valence-electron chi connectivity index (χ4n) is 8.16. The first-order valence-electron chi connectivity index (χ1n) is 19.6. The van der Waals surface area contributed by atoms with Crippen molar-refractivity contribution in [1.82, 2.24) is 20.4 Å². The first-order valence-corrected chi connectivity index (χ1v) is 19.6. The molecule has 298 valence electrons. The first kappa shape index (κ1) is 40.4. The smallest absolute Gasteiger partial charge is 0.407 e. The van der Waals surface area contributed by atoms with Gasteiger partial charge in [-0.05, 0) is 83.9 Å². The molecule has 12 nitrogen and oxygen atoms in total. The summed E-state index contributed by atoms with van der Waals surface area (Å²) in [5.41, 5.74) is 7.88. The van der Waals surface area contributed by atoms with Crippen molar-refractivity contribution >= 4 is 40.9 Å². The number of alkyl carbamates (subject to hydrolysis) is 2. The Labute approximate surface area is 330 Å². The van der Waals surface area contributed by atoms with Crippen molar-refractivity contribution in [2.24, 2.45) is 16.8 Å². The standard InChI is InChI=1S/C44H55N5O7/c1-26(2)38(46-42(52)54-7)40(50)48-21-9-10-36(48)33-20-19-32(22-33)30-15-11-28(12-16-30)29-13-17-31(18-14-29)34-23-35(45-24-34)37-25-56-44(5,6)49(37)41(51)39(27(3)4)47-43(53)55-8/h11-20,24,26-27,36-39H,9-10,21-23,25H2,1-8H3,(H,46,52)(H,47,53)/t36?,37-,38-,39-/m0/s1. The number of hydrogen-bond donors (Lipinski definition) is 2. The number of carbonyl (C=O) groups is 4. The van der Waals surface area contributed by atoms with E-state index >= 15 is 0 Å². The lowest BCUT2D eigenvalue weighted by Gasteiger charge is -2.37. The number of nitrogens with zero attached hydrogens (tertiary/aromatic N) is 3. The zero-order valence-corrected chi connectivity index (χ0v) is 33.8. The van der Waals surface area contributed by atoms with Gasteiger partial charge >= 0.3 is 12.2 Å². The Morgan fingerprint density at radius 1 is 0.750 bits per heavy atom. The lowest BCUT2D eigenvalue weighted by Crippen LogP contribution is -2.58. The van der Waals surface area contributed by atoms with Gasteiger partial charge in [0.25, 0.3) is 0 Å². The van der Waals surface area contributed by atoms with Gasteiger partial charge in [-0.2, -0.15) is 0 Å². The SMILES string of the molecule is COC(=O)N[C@H](C(=O)N1CCCC1C1=CC=C(c2ccc(-c3ccc(C4=CN=C([C@@H]5COC(C)(C)N5C(=O)[C@@H](NC(=O)OC)C(C)C)C4)cc3)cc2)C1)C(C)C. The molecule has 4 amide bonds. The number of aliphatic imine (C=N–C) groups is 1. The van der Waals surface area contributed by atoms with E-state index in [0.717, 1.165) is 52.8 Å². The maximum atomic E-state index is 13.9. The maximum Gasteiger partial charge on any atom is 0.407 e. The molecule has 4 aliphatic rings. The summed E-state index contributed by atoms with van der Waals surface area (Å²) >= 11 is 0. The van der Waals surface area contributed by atoms with E-state index in [4.69, 9.17) is 19.2 Å². The van der Waals surface area contributed by atoms with E-state index in [9.17, 15) is 19.2 Å². The van der Waals surface area contributed by atoms with Crippen molar-refractivity contribution in [3.05, 3.63) is 83.6 Å². The molecule has 12 heteroatoms. The third-order valence-electron chi connectivity index (χ3n) is 11.4. The number of hydrogen-bond acceptors (Lipinski definition) is 8. The van der Waals surface area contributed by atoms with E-state index in [0.29, 0.717) is 19.6 Å². The van der Waals surface area contributed by atoms with Gasteiger partial charge in [-0.3, -0.25) is 14.6 Å². The van der Waals surface area contributed by atoms with Gasteiger partial charge in [-0.25, -0.2) is 9.59 Å². The monoisotopic (exact) mass is 765 g/mol. The number of methoxy groups -OCH3 is 2. The van der Waals surface area contributed by atoms with Crippen LogP contribution in [0.2, 0.25) is 0 Å². The molecular formula is C44H55N5O7. The van der Waals surface area contributed by atoms with E-state index in [1.54, 1.807) is 4.90 Å². The summed E-state index contributed by atoms with van der Waals surface area (Å²) in [6.45, 7) is 12.3. The number of rotatable bonds is 11. The van der Waals surface area contributed by atoms with Crippen LogP contribution < -0.4 is 10.6 Å². The minimum atomic E-state index is -0.872. The van der Waals surface area contributed by atoms with Crippen molar-refractivity contribution in [3.63, 3.8) is 0 Å². The third-order valence-corrected chi connectivity index (χ3v) is 11.4. The van der Waals surface area contributed by atoms with Crippen molar-refractivity contribution in [2.75, 3.05) is 27.4 Å². The lowest BCUT2D eigenvalue weighted by molar-refractivity contribution is -0.148. The van der Waals surface area contributed by atoms with Gasteiger partial charge in [0.05, 0.1) is 32.9 Å². The second-order valence-corrected chi connectivity index (χ2v) is 16.1. The molecule has 3 aliphatic heterocycles. The molecule has 4 atom stereocenters. The van der Waals surface area contributed by atoms with Crippen LogP contribution in [-0.4, -0.2) is 96.8 Å². The van der Waals surface area contributed by atoms with Crippen molar-refractivity contribution in [2.45, 2.75) is 97.1 Å². The molecule has 2 aromatic rings.